The van der Waals surface area contributed by atoms with Crippen molar-refractivity contribution in [1.82, 2.24) is 0 Å². The third kappa shape index (κ3) is 3.45. The fraction of sp³-hybridized carbons (Fsp3) is 0.571. The first-order valence-corrected chi connectivity index (χ1v) is 6.23. The fourth-order valence-electron chi connectivity index (χ4n) is 1.94. The monoisotopic (exact) mass is 253 g/mol. The standard InChI is InChI=1S/C14H23NO3/c1-9(2)11-8-10(4-5-13(11)18-3)14(17)12(15)6-7-16/h4-5,8-9,12,14,16-17H,6-7,15H2,1-3H3. The molecule has 2 unspecified atom stereocenters. The highest BCUT2D eigenvalue weighted by Crippen LogP contribution is 2.30. The fourth-order valence-corrected chi connectivity index (χ4v) is 1.94. The van der Waals surface area contributed by atoms with E-state index in [1.807, 2.05) is 18.2 Å². The van der Waals surface area contributed by atoms with E-state index in [4.69, 9.17) is 15.6 Å². The minimum atomic E-state index is -0.763. The van der Waals surface area contributed by atoms with E-state index < -0.39 is 12.1 Å². The van der Waals surface area contributed by atoms with E-state index in [1.165, 1.54) is 0 Å². The summed E-state index contributed by atoms with van der Waals surface area (Å²) < 4.78 is 5.30. The molecule has 0 aliphatic heterocycles. The summed E-state index contributed by atoms with van der Waals surface area (Å²) in [6.07, 6.45) is -0.384. The second kappa shape index (κ2) is 6.73. The van der Waals surface area contributed by atoms with E-state index in [1.54, 1.807) is 7.11 Å². The Bertz CT molecular complexity index is 379. The lowest BCUT2D eigenvalue weighted by molar-refractivity contribution is 0.129. The minimum absolute atomic E-state index is 0.0224. The summed E-state index contributed by atoms with van der Waals surface area (Å²) in [6, 6.07) is 5.13. The Morgan fingerprint density at radius 1 is 1.33 bits per heavy atom. The third-order valence-corrected chi connectivity index (χ3v) is 3.09. The van der Waals surface area contributed by atoms with Crippen molar-refractivity contribution in [2.75, 3.05) is 13.7 Å². The largest absolute Gasteiger partial charge is 0.496 e. The van der Waals surface area contributed by atoms with Crippen LogP contribution in [-0.2, 0) is 0 Å². The number of rotatable bonds is 6. The van der Waals surface area contributed by atoms with Gasteiger partial charge in [0.25, 0.3) is 0 Å². The van der Waals surface area contributed by atoms with Crippen molar-refractivity contribution >= 4 is 0 Å². The highest BCUT2D eigenvalue weighted by molar-refractivity contribution is 5.40. The Balaban J connectivity index is 3.00. The maximum Gasteiger partial charge on any atom is 0.122 e. The number of hydrogen-bond acceptors (Lipinski definition) is 4. The molecule has 0 saturated heterocycles. The Morgan fingerprint density at radius 2 is 2.00 bits per heavy atom. The minimum Gasteiger partial charge on any atom is -0.496 e. The van der Waals surface area contributed by atoms with Crippen LogP contribution in [0.25, 0.3) is 0 Å². The van der Waals surface area contributed by atoms with Crippen molar-refractivity contribution in [1.29, 1.82) is 0 Å². The van der Waals surface area contributed by atoms with Crippen molar-refractivity contribution in [2.45, 2.75) is 38.3 Å². The summed E-state index contributed by atoms with van der Waals surface area (Å²) in [6.45, 7) is 4.12. The molecule has 0 amide bonds. The first-order chi connectivity index (χ1) is 8.51. The van der Waals surface area contributed by atoms with Gasteiger partial charge < -0.3 is 20.7 Å². The Hall–Kier alpha value is -1.10. The Morgan fingerprint density at radius 3 is 2.50 bits per heavy atom. The number of methoxy groups -OCH3 is 1. The Labute approximate surface area is 108 Å². The molecule has 0 heterocycles. The van der Waals surface area contributed by atoms with Crippen LogP contribution in [0.4, 0.5) is 0 Å². The molecule has 1 aromatic rings. The van der Waals surface area contributed by atoms with Gasteiger partial charge in [0.05, 0.1) is 13.2 Å². The molecule has 0 aliphatic rings. The molecule has 18 heavy (non-hydrogen) atoms. The van der Waals surface area contributed by atoms with Gasteiger partial charge in [-0.1, -0.05) is 19.9 Å². The first kappa shape index (κ1) is 15.0. The van der Waals surface area contributed by atoms with Gasteiger partial charge in [0.2, 0.25) is 0 Å². The van der Waals surface area contributed by atoms with Crippen LogP contribution in [0.5, 0.6) is 5.75 Å². The van der Waals surface area contributed by atoms with Gasteiger partial charge in [-0.15, -0.1) is 0 Å². The summed E-state index contributed by atoms with van der Waals surface area (Å²) in [5, 5.41) is 19.0. The molecule has 4 N–H and O–H groups in total. The van der Waals surface area contributed by atoms with Crippen molar-refractivity contribution < 1.29 is 14.9 Å². The maximum absolute atomic E-state index is 10.1. The van der Waals surface area contributed by atoms with Gasteiger partial charge in [-0.05, 0) is 35.6 Å². The van der Waals surface area contributed by atoms with Crippen LogP contribution >= 0.6 is 0 Å². The SMILES string of the molecule is COc1ccc(C(O)C(N)CCO)cc1C(C)C. The lowest BCUT2D eigenvalue weighted by Gasteiger charge is -2.20. The number of nitrogens with two attached hydrogens (primary N) is 1. The highest BCUT2D eigenvalue weighted by Gasteiger charge is 2.18. The van der Waals surface area contributed by atoms with E-state index in [9.17, 15) is 5.11 Å². The molecule has 0 radical (unpaired) electrons. The predicted molar refractivity (Wildman–Crippen MR) is 71.7 cm³/mol. The number of aliphatic hydroxyl groups excluding tert-OH is 2. The summed E-state index contributed by atoms with van der Waals surface area (Å²) in [5.74, 6) is 1.12. The molecule has 0 spiro atoms. The Kier molecular flexibility index (Phi) is 5.59. The lowest BCUT2D eigenvalue weighted by Crippen LogP contribution is -2.29. The summed E-state index contributed by atoms with van der Waals surface area (Å²) in [4.78, 5) is 0. The van der Waals surface area contributed by atoms with Crippen LogP contribution in [0.15, 0.2) is 18.2 Å². The van der Waals surface area contributed by atoms with E-state index in [0.29, 0.717) is 12.3 Å². The van der Waals surface area contributed by atoms with Gasteiger partial charge in [-0.2, -0.15) is 0 Å². The molecule has 102 valence electrons. The van der Waals surface area contributed by atoms with E-state index in [-0.39, 0.29) is 6.61 Å². The zero-order chi connectivity index (χ0) is 13.7. The smallest absolute Gasteiger partial charge is 0.122 e. The zero-order valence-electron chi connectivity index (χ0n) is 11.3. The topological polar surface area (TPSA) is 75.7 Å². The van der Waals surface area contributed by atoms with Gasteiger partial charge in [-0.25, -0.2) is 0 Å². The van der Waals surface area contributed by atoms with Gasteiger partial charge in [0, 0.05) is 12.6 Å². The zero-order valence-corrected chi connectivity index (χ0v) is 11.3. The lowest BCUT2D eigenvalue weighted by atomic mass is 9.94. The molecule has 2 atom stereocenters. The third-order valence-electron chi connectivity index (χ3n) is 3.09. The maximum atomic E-state index is 10.1. The molecule has 0 aromatic heterocycles. The van der Waals surface area contributed by atoms with Crippen LogP contribution < -0.4 is 10.5 Å². The van der Waals surface area contributed by atoms with Crippen LogP contribution in [0, 0.1) is 0 Å². The molecule has 4 nitrogen and oxygen atoms in total. The van der Waals surface area contributed by atoms with Gasteiger partial charge in [0.15, 0.2) is 0 Å². The molecule has 1 aromatic carbocycles. The second-order valence-electron chi connectivity index (χ2n) is 4.78. The van der Waals surface area contributed by atoms with Crippen LogP contribution in [0.2, 0.25) is 0 Å². The van der Waals surface area contributed by atoms with E-state index in [0.717, 1.165) is 16.9 Å². The molecule has 0 bridgehead atoms. The van der Waals surface area contributed by atoms with Gasteiger partial charge in [-0.3, -0.25) is 0 Å². The van der Waals surface area contributed by atoms with Gasteiger partial charge >= 0.3 is 0 Å². The summed E-state index contributed by atoms with van der Waals surface area (Å²) in [7, 11) is 1.63. The molecule has 0 fully saturated rings. The van der Waals surface area contributed by atoms with Crippen molar-refractivity contribution in [2.24, 2.45) is 5.73 Å². The number of benzene rings is 1. The number of aliphatic hydroxyl groups is 2. The van der Waals surface area contributed by atoms with Crippen molar-refractivity contribution in [3.63, 3.8) is 0 Å². The molecule has 1 rings (SSSR count). The second-order valence-corrected chi connectivity index (χ2v) is 4.78. The van der Waals surface area contributed by atoms with Gasteiger partial charge in [0.1, 0.15) is 5.75 Å². The predicted octanol–water partition coefficient (Wildman–Crippen LogP) is 1.56. The average Bonchev–Trinajstić information content (AvgIpc) is 2.37. The van der Waals surface area contributed by atoms with Crippen LogP contribution in [0.3, 0.4) is 0 Å². The van der Waals surface area contributed by atoms with Crippen LogP contribution in [0.1, 0.15) is 43.4 Å². The number of ether oxygens (including phenoxy) is 1. The number of hydrogen-bond donors (Lipinski definition) is 3. The van der Waals surface area contributed by atoms with E-state index in [2.05, 4.69) is 13.8 Å². The quantitative estimate of drug-likeness (QED) is 0.719. The molecule has 4 heteroatoms. The summed E-state index contributed by atoms with van der Waals surface area (Å²) >= 11 is 0. The van der Waals surface area contributed by atoms with Crippen molar-refractivity contribution in [3.05, 3.63) is 29.3 Å². The molecular weight excluding hydrogens is 230 g/mol. The average molecular weight is 253 g/mol. The summed E-state index contributed by atoms with van der Waals surface area (Å²) in [5.41, 5.74) is 7.63. The van der Waals surface area contributed by atoms with Crippen molar-refractivity contribution in [3.8, 4) is 5.75 Å². The molecular formula is C14H23NO3. The van der Waals surface area contributed by atoms with Crippen LogP contribution in [-0.4, -0.2) is 30.0 Å². The highest BCUT2D eigenvalue weighted by atomic mass is 16.5. The molecule has 0 aliphatic carbocycles. The molecule has 0 saturated carbocycles. The normalized spacial score (nSPS) is 14.6. The van der Waals surface area contributed by atoms with E-state index >= 15 is 0 Å². The first-order valence-electron chi connectivity index (χ1n) is 6.23.